The summed E-state index contributed by atoms with van der Waals surface area (Å²) in [6.45, 7) is -2.78. The van der Waals surface area contributed by atoms with Gasteiger partial charge in [0.2, 0.25) is 5.91 Å². The Morgan fingerprint density at radius 1 is 1.10 bits per heavy atom. The fourth-order valence-corrected chi connectivity index (χ4v) is 7.72. The van der Waals surface area contributed by atoms with Gasteiger partial charge in [-0.3, -0.25) is 24.2 Å². The van der Waals surface area contributed by atoms with E-state index in [9.17, 15) is 40.3 Å². The molecule has 3 heterocycles. The van der Waals surface area contributed by atoms with Gasteiger partial charge in [-0.2, -0.15) is 27.1 Å². The molecule has 310 valence electrons. The van der Waals surface area contributed by atoms with E-state index in [4.69, 9.17) is 17.0 Å². The third-order valence-corrected chi connectivity index (χ3v) is 10.2. The van der Waals surface area contributed by atoms with Crippen LogP contribution < -0.4 is 20.9 Å². The maximum Gasteiger partial charge on any atom is 0.405 e. The molecule has 23 heteroatoms. The Labute approximate surface area is 336 Å². The number of halogens is 10. The second-order valence-electron chi connectivity index (χ2n) is 13.5. The third kappa shape index (κ3) is 8.32. The number of fused-ring (bicyclic) bond motifs is 3. The van der Waals surface area contributed by atoms with Gasteiger partial charge in [0.25, 0.3) is 17.9 Å². The van der Waals surface area contributed by atoms with Crippen LogP contribution in [0.5, 0.6) is 0 Å². The number of alkyl halides is 7. The molecule has 12 nitrogen and oxygen atoms in total. The Morgan fingerprint density at radius 3 is 2.44 bits per heavy atom. The van der Waals surface area contributed by atoms with Crippen molar-refractivity contribution in [2.45, 2.75) is 49.9 Å². The molecule has 5 aromatic rings. The van der Waals surface area contributed by atoms with Crippen LogP contribution in [0, 0.1) is 23.0 Å². The zero-order valence-corrected chi connectivity index (χ0v) is 31.6. The Morgan fingerprint density at radius 2 is 1.80 bits per heavy atom. The number of rotatable bonds is 13. The van der Waals surface area contributed by atoms with Gasteiger partial charge in [-0.15, -0.1) is 0 Å². The van der Waals surface area contributed by atoms with E-state index in [-0.39, 0.29) is 39.7 Å². The van der Waals surface area contributed by atoms with Crippen molar-refractivity contribution in [3.63, 3.8) is 0 Å². The summed E-state index contributed by atoms with van der Waals surface area (Å²) >= 11 is 7.32. The van der Waals surface area contributed by atoms with Crippen LogP contribution in [0.3, 0.4) is 0 Å². The smallest absolute Gasteiger partial charge is 0.374 e. The lowest BCUT2D eigenvalue weighted by molar-refractivity contribution is -0.123. The zero-order chi connectivity index (χ0) is 42.6. The molecular weight excluding hydrogens is 843 g/mol. The van der Waals surface area contributed by atoms with Crippen molar-refractivity contribution in [2.75, 3.05) is 18.1 Å². The molecule has 0 saturated heterocycles. The zero-order valence-electron chi connectivity index (χ0n) is 30.0. The normalized spacial score (nSPS) is 17.0. The fraction of sp³-hybridized carbons (Fsp3) is 0.306. The van der Waals surface area contributed by atoms with Crippen molar-refractivity contribution in [1.29, 1.82) is 5.41 Å². The van der Waals surface area contributed by atoms with Gasteiger partial charge in [0.05, 0.1) is 28.0 Å². The molecule has 0 bridgehead atoms. The van der Waals surface area contributed by atoms with Gasteiger partial charge in [-0.1, -0.05) is 23.5 Å². The largest absolute Gasteiger partial charge is 0.405 e. The molecule has 1 saturated carbocycles. The molecule has 0 aliphatic heterocycles. The van der Waals surface area contributed by atoms with E-state index in [0.717, 1.165) is 40.8 Å². The molecule has 0 spiro atoms. The van der Waals surface area contributed by atoms with Gasteiger partial charge in [0.1, 0.15) is 53.5 Å². The molecule has 2 aliphatic rings. The lowest BCUT2D eigenvalue weighted by Gasteiger charge is -2.26. The molecule has 2 aliphatic carbocycles. The van der Waals surface area contributed by atoms with E-state index in [1.165, 1.54) is 30.8 Å². The number of nitrogens with zero attached hydrogens (tertiary/aromatic N) is 6. The maximum absolute atomic E-state index is 15.4. The topological polar surface area (TPSA) is 156 Å². The number of carbonyl (C=O) groups is 1. The Kier molecular flexibility index (Phi) is 11.2. The Bertz CT molecular complexity index is 2500. The van der Waals surface area contributed by atoms with Crippen LogP contribution >= 0.6 is 23.5 Å². The summed E-state index contributed by atoms with van der Waals surface area (Å²) in [5.74, 6) is -10.2. The summed E-state index contributed by atoms with van der Waals surface area (Å²) in [5, 5.41) is 16.7. The van der Waals surface area contributed by atoms with Crippen molar-refractivity contribution in [1.82, 2.24) is 39.3 Å². The van der Waals surface area contributed by atoms with Crippen molar-refractivity contribution in [3.8, 4) is 17.2 Å². The highest BCUT2D eigenvalue weighted by molar-refractivity contribution is 7.97. The van der Waals surface area contributed by atoms with E-state index in [1.54, 1.807) is 0 Å². The minimum Gasteiger partial charge on any atom is -0.374 e. The quantitative estimate of drug-likeness (QED) is 0.0415. The fourth-order valence-electron chi connectivity index (χ4n) is 7.16. The standard InChI is InChI=1S/C36H28ClF9N10O2S/c1-59-54-32(47)27-20(37)3-4-23(28(27)50-14-35(42,43)44)56-25(58)12-21(33-48-5-2-6-49-33)52-34(56)22(9-15-7-16(38)10-17(39)8-15)51-24(57)13-55-30-26(29(53-55)31(40)41)18-11-19(18)36(30,45)46/h2-8,10,12,18-19,22,31,50H,9,11,13-14H2,1H3,(H2,47,54)(H,51,57). The summed E-state index contributed by atoms with van der Waals surface area (Å²) < 4.78 is 133. The number of anilines is 1. The van der Waals surface area contributed by atoms with Crippen LogP contribution in [0.2, 0.25) is 5.02 Å². The van der Waals surface area contributed by atoms with E-state index >= 15 is 8.78 Å². The molecule has 1 fully saturated rings. The van der Waals surface area contributed by atoms with Gasteiger partial charge < -0.3 is 15.4 Å². The highest BCUT2D eigenvalue weighted by Crippen LogP contribution is 2.68. The summed E-state index contributed by atoms with van der Waals surface area (Å²) in [6, 6.07) is 5.25. The average Bonchev–Trinajstić information content (AvgIpc) is 3.81. The third-order valence-electron chi connectivity index (χ3n) is 9.50. The lowest BCUT2D eigenvalue weighted by Crippen LogP contribution is -2.38. The van der Waals surface area contributed by atoms with E-state index in [2.05, 4.69) is 35.4 Å². The minimum atomic E-state index is -4.85. The summed E-state index contributed by atoms with van der Waals surface area (Å²) in [6.07, 6.45) is -4.64. The number of hydrogen-bond donors (Lipinski definition) is 4. The van der Waals surface area contributed by atoms with E-state index in [0.29, 0.717) is 10.7 Å². The molecule has 4 N–H and O–H groups in total. The van der Waals surface area contributed by atoms with Gasteiger partial charge >= 0.3 is 6.18 Å². The van der Waals surface area contributed by atoms with E-state index in [1.807, 2.05) is 0 Å². The second kappa shape index (κ2) is 15.8. The lowest BCUT2D eigenvalue weighted by atomic mass is 10.0. The predicted molar refractivity (Wildman–Crippen MR) is 197 cm³/mol. The van der Waals surface area contributed by atoms with Gasteiger partial charge in [0.15, 0.2) is 5.82 Å². The number of amides is 1. The first-order valence-corrected chi connectivity index (χ1v) is 18.9. The van der Waals surface area contributed by atoms with Crippen molar-refractivity contribution < 1.29 is 44.3 Å². The van der Waals surface area contributed by atoms with Crippen molar-refractivity contribution in [2.24, 2.45) is 5.92 Å². The van der Waals surface area contributed by atoms with Crippen LogP contribution in [-0.2, 0) is 23.7 Å². The predicted octanol–water partition coefficient (Wildman–Crippen LogP) is 7.23. The first-order valence-electron chi connectivity index (χ1n) is 17.3. The Balaban J connectivity index is 1.42. The molecule has 3 unspecified atom stereocenters. The average molecular weight is 871 g/mol. The summed E-state index contributed by atoms with van der Waals surface area (Å²) in [4.78, 5) is 41.0. The molecule has 3 atom stereocenters. The number of carbonyl (C=O) groups excluding carboxylic acids is 1. The summed E-state index contributed by atoms with van der Waals surface area (Å²) in [5.41, 5.74) is -4.78. The molecule has 7 rings (SSSR count). The number of nitrogens with one attached hydrogen (secondary N) is 4. The number of hydrogen-bond acceptors (Lipinski definition) is 9. The van der Waals surface area contributed by atoms with Crippen LogP contribution in [0.4, 0.5) is 45.2 Å². The highest BCUT2D eigenvalue weighted by atomic mass is 35.5. The van der Waals surface area contributed by atoms with Crippen molar-refractivity contribution in [3.05, 3.63) is 116 Å². The van der Waals surface area contributed by atoms with Crippen molar-refractivity contribution >= 4 is 41.0 Å². The molecule has 0 radical (unpaired) electrons. The van der Waals surface area contributed by atoms with E-state index < -0.39 is 113 Å². The monoisotopic (exact) mass is 870 g/mol. The molecule has 59 heavy (non-hydrogen) atoms. The van der Waals surface area contributed by atoms with Gasteiger partial charge in [-0.05, 0) is 48.2 Å². The second-order valence-corrected chi connectivity index (χ2v) is 14.5. The van der Waals surface area contributed by atoms with Gasteiger partial charge in [0, 0.05) is 48.7 Å². The molecular formula is C36H28ClF9N10O2S. The maximum atomic E-state index is 15.4. The highest BCUT2D eigenvalue weighted by Gasteiger charge is 2.67. The SMILES string of the molecule is CSNC(=N)c1c(Cl)ccc(-n2c(C(Cc3cc(F)cc(F)c3)NC(=O)Cn3nc(C(F)F)c4c3C(F)(F)C3CC43)nc(-c3ncccn3)cc2=O)c1NCC(F)(F)F. The first kappa shape index (κ1) is 41.5. The number of amidine groups is 1. The number of benzene rings is 2. The van der Waals surface area contributed by atoms with Crippen LogP contribution in [0.25, 0.3) is 17.2 Å². The molecule has 3 aromatic heterocycles. The first-order chi connectivity index (χ1) is 27.9. The number of aromatic nitrogens is 6. The van der Waals surface area contributed by atoms with Crippen LogP contribution in [0.15, 0.2) is 59.7 Å². The molecule has 2 aromatic carbocycles. The molecule has 1 amide bonds. The Hall–Kier alpha value is -5.64. The van der Waals surface area contributed by atoms with Gasteiger partial charge in [-0.25, -0.2) is 32.5 Å². The summed E-state index contributed by atoms with van der Waals surface area (Å²) in [7, 11) is 0. The van der Waals surface area contributed by atoms with Crippen LogP contribution in [-0.4, -0.2) is 60.0 Å². The van der Waals surface area contributed by atoms with Crippen LogP contribution in [0.1, 0.15) is 58.7 Å². The minimum absolute atomic E-state index is 0.0480.